The van der Waals surface area contributed by atoms with Crippen LogP contribution in [0.2, 0.25) is 0 Å². The summed E-state index contributed by atoms with van der Waals surface area (Å²) >= 11 is 1.56. The van der Waals surface area contributed by atoms with Crippen LogP contribution in [0, 0.1) is 12.3 Å². The van der Waals surface area contributed by atoms with Crippen LogP contribution in [0.1, 0.15) is 119 Å². The number of likely N-dealkylation sites (tertiary alicyclic amines) is 1. The Kier molecular flexibility index (Phi) is 15.7. The van der Waals surface area contributed by atoms with Crippen molar-refractivity contribution in [3.8, 4) is 10.4 Å². The highest BCUT2D eigenvalue weighted by Gasteiger charge is 2.46. The fourth-order valence-corrected chi connectivity index (χ4v) is 10.4. The van der Waals surface area contributed by atoms with E-state index < -0.39 is 64.7 Å². The number of β-amino-alcohol motifs (C(OH)–C–C–N with tert-alkyl or cyclic N) is 1. The zero-order chi connectivity index (χ0) is 53.9. The molecule has 6 aromatic rings. The SMILES string of the molecule is Cc1ncsc1-c1ccc([C@H](C)NC(=O)[C@@H]2C[C@@H](O)CN2C(=O)[C@@H](NC(=O)c2cccc(NC(=O)c3ccc(C(=O)Nc4n[nH]c5c4CN(C(=O)N[C@H](CN(C)C)c4ccccc4)C5(C)C)cc3)c2)C(C)(C)C)cc1. The monoisotopic (exact) mass is 1040 g/mol. The van der Waals surface area contributed by atoms with Gasteiger partial charge in [0.2, 0.25) is 11.8 Å². The smallest absolute Gasteiger partial charge is 0.319 e. The minimum Gasteiger partial charge on any atom is -0.391 e. The van der Waals surface area contributed by atoms with E-state index in [0.717, 1.165) is 27.3 Å². The maximum atomic E-state index is 14.4. The van der Waals surface area contributed by atoms with Gasteiger partial charge >= 0.3 is 6.03 Å². The van der Waals surface area contributed by atoms with Gasteiger partial charge in [-0.3, -0.25) is 29.1 Å². The molecule has 2 aliphatic heterocycles. The molecule has 4 heterocycles. The van der Waals surface area contributed by atoms with Gasteiger partial charge in [0.05, 0.1) is 52.0 Å². The number of hydrogen-bond acceptors (Lipinski definition) is 11. The Morgan fingerprint density at radius 3 is 2.12 bits per heavy atom. The molecule has 2 aliphatic rings. The highest BCUT2D eigenvalue weighted by molar-refractivity contribution is 7.13. The molecule has 0 bridgehead atoms. The number of urea groups is 1. The van der Waals surface area contributed by atoms with Crippen molar-refractivity contribution >= 4 is 58.4 Å². The summed E-state index contributed by atoms with van der Waals surface area (Å²) in [5, 5.41) is 32.9. The number of amides is 7. The van der Waals surface area contributed by atoms with Gasteiger partial charge in [0.25, 0.3) is 17.7 Å². The highest BCUT2D eigenvalue weighted by atomic mass is 32.1. The quantitative estimate of drug-likeness (QED) is 0.0539. The lowest BCUT2D eigenvalue weighted by Crippen LogP contribution is -2.57. The van der Waals surface area contributed by atoms with Crippen molar-refractivity contribution in [2.45, 2.75) is 97.2 Å². The molecule has 7 amide bonds. The molecule has 0 unspecified atom stereocenters. The van der Waals surface area contributed by atoms with E-state index in [-0.39, 0.29) is 48.3 Å². The zero-order valence-electron chi connectivity index (χ0n) is 43.6. The molecule has 8 rings (SSSR count). The second kappa shape index (κ2) is 22.0. The van der Waals surface area contributed by atoms with E-state index in [1.54, 1.807) is 60.7 Å². The van der Waals surface area contributed by atoms with Crippen molar-refractivity contribution in [3.05, 3.63) is 153 Å². The number of aromatic nitrogens is 3. The highest BCUT2D eigenvalue weighted by Crippen LogP contribution is 2.41. The van der Waals surface area contributed by atoms with Crippen LogP contribution in [0.15, 0.2) is 109 Å². The number of hydrogen-bond donors (Lipinski definition) is 7. The lowest BCUT2D eigenvalue weighted by molar-refractivity contribution is -0.142. The van der Waals surface area contributed by atoms with Gasteiger partial charge in [-0.15, -0.1) is 11.3 Å². The third-order valence-corrected chi connectivity index (χ3v) is 14.8. The van der Waals surface area contributed by atoms with Gasteiger partial charge in [0.15, 0.2) is 5.82 Å². The molecule has 392 valence electrons. The minimum absolute atomic E-state index is 0.0394. The lowest BCUT2D eigenvalue weighted by atomic mass is 9.85. The Balaban J connectivity index is 0.868. The lowest BCUT2D eigenvalue weighted by Gasteiger charge is -2.35. The van der Waals surface area contributed by atoms with E-state index in [4.69, 9.17) is 0 Å². The van der Waals surface area contributed by atoms with Crippen LogP contribution >= 0.6 is 11.3 Å². The minimum atomic E-state index is -1.09. The van der Waals surface area contributed by atoms with Gasteiger partial charge in [-0.25, -0.2) is 9.78 Å². The van der Waals surface area contributed by atoms with Crippen LogP contribution in [0.4, 0.5) is 16.3 Å². The molecule has 18 nitrogen and oxygen atoms in total. The van der Waals surface area contributed by atoms with Crippen molar-refractivity contribution in [2.24, 2.45) is 5.41 Å². The number of carbonyl (C=O) groups excluding carboxylic acids is 6. The average Bonchev–Trinajstić information content (AvgIpc) is 4.18. The summed E-state index contributed by atoms with van der Waals surface area (Å²) in [5.41, 5.74) is 6.42. The molecule has 0 aliphatic carbocycles. The fourth-order valence-electron chi connectivity index (χ4n) is 9.58. The average molecular weight is 1040 g/mol. The number of aromatic amines is 1. The van der Waals surface area contributed by atoms with E-state index in [1.807, 2.05) is 101 Å². The molecule has 4 aromatic carbocycles. The molecular weight excluding hydrogens is 971 g/mol. The zero-order valence-corrected chi connectivity index (χ0v) is 44.5. The normalized spacial score (nSPS) is 17.2. The molecule has 1 fully saturated rings. The van der Waals surface area contributed by atoms with Gasteiger partial charge in [0.1, 0.15) is 12.1 Å². The number of likely N-dealkylation sites (N-methyl/N-ethyl adjacent to an activating group) is 1. The Morgan fingerprint density at radius 1 is 0.827 bits per heavy atom. The molecule has 1 saturated heterocycles. The van der Waals surface area contributed by atoms with Crippen molar-refractivity contribution in [3.63, 3.8) is 0 Å². The van der Waals surface area contributed by atoms with Gasteiger partial charge in [0, 0.05) is 47.5 Å². The molecular formula is C56H65N11O7S. The second-order valence-corrected chi connectivity index (χ2v) is 22.0. The van der Waals surface area contributed by atoms with E-state index in [2.05, 4.69) is 41.8 Å². The first kappa shape index (κ1) is 53.5. The number of nitrogens with zero attached hydrogens (tertiary/aromatic N) is 5. The van der Waals surface area contributed by atoms with Crippen LogP contribution in [0.3, 0.4) is 0 Å². The Hall–Kier alpha value is -7.74. The number of fused-ring (bicyclic) bond motifs is 1. The molecule has 5 atom stereocenters. The summed E-state index contributed by atoms with van der Waals surface area (Å²) in [6.45, 7) is 13.8. The maximum Gasteiger partial charge on any atom is 0.319 e. The topological polar surface area (TPSA) is 234 Å². The van der Waals surface area contributed by atoms with Gasteiger partial charge in [-0.2, -0.15) is 5.10 Å². The van der Waals surface area contributed by atoms with Crippen LogP contribution in [0.25, 0.3) is 10.4 Å². The van der Waals surface area contributed by atoms with Crippen LogP contribution in [0.5, 0.6) is 0 Å². The summed E-state index contributed by atoms with van der Waals surface area (Å²) in [7, 11) is 3.91. The Labute approximate surface area is 440 Å². The number of H-pyrrole nitrogens is 1. The number of benzene rings is 4. The van der Waals surface area contributed by atoms with Gasteiger partial charge in [-0.05, 0) is 106 Å². The number of carbonyl (C=O) groups is 6. The first-order valence-corrected chi connectivity index (χ1v) is 25.8. The standard InChI is InChI=1S/C56H65N11O7S/c1-32(34-18-20-36(21-19-34)45-33(2)57-31-75-45)58-52(72)44-27-41(68)28-66(44)53(73)47(55(3,4)5)61-51(71)39-16-13-17-40(26-39)59-49(69)37-22-24-38(25-23-37)50(70)62-48-42-29-67(56(6,7)46(42)63-64-48)54(74)60-43(30-65(8)9)35-14-11-10-12-15-35/h10-26,31-32,41,43-44,47,68H,27-30H2,1-9H3,(H,58,72)(H,59,69)(H,60,74)(H,61,71)(H2,62,63,64,70)/t32-,41+,43+,44-,47+/m0/s1. The number of nitrogens with one attached hydrogen (secondary N) is 6. The predicted molar refractivity (Wildman–Crippen MR) is 288 cm³/mol. The van der Waals surface area contributed by atoms with Gasteiger partial charge in [-0.1, -0.05) is 81.4 Å². The third-order valence-electron chi connectivity index (χ3n) is 13.8. The van der Waals surface area contributed by atoms with E-state index >= 15 is 0 Å². The number of anilines is 2. The number of rotatable bonds is 15. The maximum absolute atomic E-state index is 14.4. The molecule has 75 heavy (non-hydrogen) atoms. The first-order chi connectivity index (χ1) is 35.6. The summed E-state index contributed by atoms with van der Waals surface area (Å²) < 4.78 is 0. The van der Waals surface area contributed by atoms with Gasteiger partial charge < -0.3 is 46.4 Å². The summed E-state index contributed by atoms with van der Waals surface area (Å²) in [4.78, 5) is 93.5. The molecule has 2 aromatic heterocycles. The fraction of sp³-hybridized carbons (Fsp3) is 0.357. The summed E-state index contributed by atoms with van der Waals surface area (Å²) in [6.07, 6.45) is -0.901. The first-order valence-electron chi connectivity index (χ1n) is 24.9. The van der Waals surface area contributed by atoms with Crippen LogP contribution in [-0.4, -0.2) is 116 Å². The van der Waals surface area contributed by atoms with E-state index in [9.17, 15) is 33.9 Å². The van der Waals surface area contributed by atoms with Crippen molar-refractivity contribution in [2.75, 3.05) is 37.8 Å². The van der Waals surface area contributed by atoms with Crippen LogP contribution in [-0.2, 0) is 21.7 Å². The Bertz CT molecular complexity index is 3070. The second-order valence-electron chi connectivity index (χ2n) is 21.1. The molecule has 0 radical (unpaired) electrons. The van der Waals surface area contributed by atoms with E-state index in [1.165, 1.54) is 35.2 Å². The summed E-state index contributed by atoms with van der Waals surface area (Å²) in [5.74, 6) is -2.18. The number of aryl methyl sites for hydroxylation is 1. The molecule has 7 N–H and O–H groups in total. The summed E-state index contributed by atoms with van der Waals surface area (Å²) in [6, 6.07) is 27.0. The van der Waals surface area contributed by atoms with Crippen molar-refractivity contribution < 1.29 is 33.9 Å². The number of aliphatic hydroxyl groups excluding tert-OH is 1. The Morgan fingerprint density at radius 2 is 1.49 bits per heavy atom. The van der Waals surface area contributed by atoms with Crippen molar-refractivity contribution in [1.82, 2.24) is 45.8 Å². The van der Waals surface area contributed by atoms with Crippen LogP contribution < -0.4 is 26.6 Å². The number of aliphatic hydroxyl groups is 1. The van der Waals surface area contributed by atoms with E-state index in [0.29, 0.717) is 29.3 Å². The molecule has 0 spiro atoms. The molecule has 19 heteroatoms. The molecule has 0 saturated carbocycles. The largest absolute Gasteiger partial charge is 0.391 e. The predicted octanol–water partition coefficient (Wildman–Crippen LogP) is 7.39. The van der Waals surface area contributed by atoms with Crippen molar-refractivity contribution in [1.29, 1.82) is 0 Å². The number of thiazole rings is 1. The third kappa shape index (κ3) is 12.0.